The van der Waals surface area contributed by atoms with Crippen LogP contribution < -0.4 is 0 Å². The van der Waals surface area contributed by atoms with Crippen LogP contribution in [-0.4, -0.2) is 4.98 Å². The van der Waals surface area contributed by atoms with Crippen molar-refractivity contribution in [2.45, 2.75) is 0 Å². The first-order valence-corrected chi connectivity index (χ1v) is 6.13. The summed E-state index contributed by atoms with van der Waals surface area (Å²) >= 11 is 0. The molecule has 0 saturated carbocycles. The van der Waals surface area contributed by atoms with Gasteiger partial charge in [-0.1, -0.05) is 30.3 Å². The maximum atomic E-state index is 5.13. The third-order valence-electron chi connectivity index (χ3n) is 1.86. The van der Waals surface area contributed by atoms with E-state index in [4.69, 9.17) is 8.83 Å². The minimum atomic E-state index is 1.57. The fourth-order valence-electron chi connectivity index (χ4n) is 1.02. The van der Waals surface area contributed by atoms with Gasteiger partial charge in [-0.05, 0) is 36.4 Å². The zero-order valence-electron chi connectivity index (χ0n) is 11.1. The zero-order valence-corrected chi connectivity index (χ0v) is 11.1. The zero-order chi connectivity index (χ0) is 14.1. The Balaban J connectivity index is 3.00. The summed E-state index contributed by atoms with van der Waals surface area (Å²) in [6, 6.07) is 20.0. The monoisotopic (exact) mass is 267 g/mol. The molecule has 3 heteroatoms. The van der Waals surface area contributed by atoms with Gasteiger partial charge in [-0.15, -0.1) is 0 Å². The van der Waals surface area contributed by atoms with Crippen LogP contribution in [0.5, 0.6) is 0 Å². The molecule has 0 unspecified atom stereocenters. The van der Waals surface area contributed by atoms with E-state index in [9.17, 15) is 0 Å². The molecular formula is C17H17NO2. The molecule has 0 radical (unpaired) electrons. The predicted octanol–water partition coefficient (Wildman–Crippen LogP) is 4.77. The number of rotatable bonds is 0. The van der Waals surface area contributed by atoms with Gasteiger partial charge in [0.05, 0.1) is 25.1 Å². The normalized spacial score (nSPS) is 8.00. The van der Waals surface area contributed by atoms with E-state index in [1.807, 2.05) is 30.3 Å². The first-order chi connectivity index (χ1) is 10.0. The Morgan fingerprint density at radius 2 is 0.750 bits per heavy atom. The lowest BCUT2D eigenvalue weighted by Gasteiger charge is -1.71. The molecule has 20 heavy (non-hydrogen) atoms. The lowest BCUT2D eigenvalue weighted by molar-refractivity contribution is 0.554. The largest absolute Gasteiger partial charge is 0.473 e. The molecule has 1 rings (SSSR count). The van der Waals surface area contributed by atoms with Crippen molar-refractivity contribution in [1.29, 1.82) is 0 Å². The minimum absolute atomic E-state index is 1.57. The SMILES string of the molecule is c1ccccoccccncccccoccc1. The van der Waals surface area contributed by atoms with Crippen molar-refractivity contribution < 1.29 is 8.83 Å². The Bertz CT molecular complexity index is 346. The van der Waals surface area contributed by atoms with Gasteiger partial charge in [0.2, 0.25) is 0 Å². The maximum Gasteiger partial charge on any atom is 0.0901 e. The molecule has 0 saturated heterocycles. The first kappa shape index (κ1) is 15.2. The van der Waals surface area contributed by atoms with Crippen LogP contribution in [0.4, 0.5) is 0 Å². The van der Waals surface area contributed by atoms with Crippen molar-refractivity contribution in [2.75, 3.05) is 0 Å². The van der Waals surface area contributed by atoms with Gasteiger partial charge in [0, 0.05) is 12.4 Å². The van der Waals surface area contributed by atoms with Gasteiger partial charge < -0.3 is 8.83 Å². The van der Waals surface area contributed by atoms with E-state index >= 15 is 0 Å². The molecule has 1 heterocycles. The van der Waals surface area contributed by atoms with E-state index in [0.29, 0.717) is 0 Å². The van der Waals surface area contributed by atoms with Crippen molar-refractivity contribution in [3.05, 3.63) is 104 Å². The summed E-state index contributed by atoms with van der Waals surface area (Å²) in [5.74, 6) is 0. The van der Waals surface area contributed by atoms with Crippen molar-refractivity contribution in [3.63, 3.8) is 0 Å². The molecule has 0 atom stereocenters. The molecular weight excluding hydrogens is 250 g/mol. The van der Waals surface area contributed by atoms with Gasteiger partial charge in [0.1, 0.15) is 0 Å². The van der Waals surface area contributed by atoms with E-state index in [-0.39, 0.29) is 0 Å². The van der Waals surface area contributed by atoms with Crippen LogP contribution in [0.15, 0.2) is 113 Å². The van der Waals surface area contributed by atoms with E-state index < -0.39 is 0 Å². The Hall–Kier alpha value is -2.81. The molecule has 102 valence electrons. The summed E-state index contributed by atoms with van der Waals surface area (Å²) in [5, 5.41) is 0. The highest BCUT2D eigenvalue weighted by Crippen LogP contribution is 1.80. The molecule has 0 aromatic carbocycles. The Kier molecular flexibility index (Phi) is 9.64. The number of hydrogen-bond donors (Lipinski definition) is 0. The van der Waals surface area contributed by atoms with E-state index in [1.54, 1.807) is 73.8 Å². The van der Waals surface area contributed by atoms with Crippen molar-refractivity contribution >= 4 is 0 Å². The van der Waals surface area contributed by atoms with Gasteiger partial charge in [0.25, 0.3) is 0 Å². The fourth-order valence-corrected chi connectivity index (χ4v) is 1.02. The van der Waals surface area contributed by atoms with Crippen molar-refractivity contribution in [3.8, 4) is 0 Å². The van der Waals surface area contributed by atoms with Gasteiger partial charge in [-0.25, -0.2) is 0 Å². The Morgan fingerprint density at radius 3 is 1.30 bits per heavy atom. The number of aromatic nitrogens is 1. The predicted molar refractivity (Wildman–Crippen MR) is 79.3 cm³/mol. The summed E-state index contributed by atoms with van der Waals surface area (Å²) in [5.41, 5.74) is 0. The van der Waals surface area contributed by atoms with E-state index in [2.05, 4.69) is 4.98 Å². The van der Waals surface area contributed by atoms with Crippen molar-refractivity contribution in [1.82, 2.24) is 4.98 Å². The standard InChI is InChI=1S/C17H17NO2/c1-2-4-9-15-20-17-11-7-13-18-12-6-5-10-16-19-14-8-3-1/h1-17H. The highest BCUT2D eigenvalue weighted by atomic mass is 16.3. The number of hydrogen-bond acceptors (Lipinski definition) is 3. The smallest absolute Gasteiger partial charge is 0.0901 e. The summed E-state index contributed by atoms with van der Waals surface area (Å²) in [7, 11) is 0. The van der Waals surface area contributed by atoms with Crippen LogP contribution in [0, 0.1) is 0 Å². The molecule has 0 aliphatic rings. The highest BCUT2D eigenvalue weighted by Gasteiger charge is 1.60. The third-order valence-corrected chi connectivity index (χ3v) is 1.86. The second-order valence-corrected chi connectivity index (χ2v) is 3.38. The first-order valence-electron chi connectivity index (χ1n) is 6.13. The van der Waals surface area contributed by atoms with Crippen LogP contribution in [-0.2, 0) is 0 Å². The summed E-state index contributed by atoms with van der Waals surface area (Å²) in [6.07, 6.45) is 9.68. The third kappa shape index (κ3) is 10.4. The molecule has 0 fully saturated rings. The highest BCUT2D eigenvalue weighted by molar-refractivity contribution is 4.91. The van der Waals surface area contributed by atoms with Gasteiger partial charge in [-0.3, -0.25) is 4.98 Å². The Labute approximate surface area is 118 Å². The van der Waals surface area contributed by atoms with Crippen LogP contribution in [0.1, 0.15) is 0 Å². The van der Waals surface area contributed by atoms with Crippen LogP contribution in [0.25, 0.3) is 0 Å². The van der Waals surface area contributed by atoms with Gasteiger partial charge >= 0.3 is 0 Å². The molecule has 1 aromatic heterocycles. The van der Waals surface area contributed by atoms with E-state index in [0.717, 1.165) is 0 Å². The van der Waals surface area contributed by atoms with E-state index in [1.165, 1.54) is 0 Å². The molecule has 0 aliphatic carbocycles. The average molecular weight is 267 g/mol. The average Bonchev–Trinajstić information content (AvgIpc) is 2.46. The van der Waals surface area contributed by atoms with Gasteiger partial charge in [0.15, 0.2) is 0 Å². The second-order valence-electron chi connectivity index (χ2n) is 3.38. The lowest BCUT2D eigenvalue weighted by Crippen LogP contribution is -1.54. The Morgan fingerprint density at radius 1 is 0.400 bits per heavy atom. The topological polar surface area (TPSA) is 39.2 Å². The maximum absolute atomic E-state index is 5.13. The number of nitrogens with zero attached hydrogens (tertiary/aromatic N) is 1. The molecule has 1 aromatic rings. The molecule has 0 amide bonds. The van der Waals surface area contributed by atoms with Crippen molar-refractivity contribution in [2.24, 2.45) is 0 Å². The minimum Gasteiger partial charge on any atom is -0.473 e. The van der Waals surface area contributed by atoms with Gasteiger partial charge in [-0.2, -0.15) is 0 Å². The summed E-state index contributed by atoms with van der Waals surface area (Å²) < 4.78 is 10.2. The van der Waals surface area contributed by atoms with Crippen LogP contribution in [0.3, 0.4) is 0 Å². The molecule has 0 aliphatic heterocycles. The second kappa shape index (κ2) is 12.6. The quantitative estimate of drug-likeness (QED) is 0.680. The molecule has 0 bridgehead atoms. The molecule has 3 nitrogen and oxygen atoms in total. The van der Waals surface area contributed by atoms with Crippen LogP contribution in [0.2, 0.25) is 0 Å². The fraction of sp³-hybridized carbons (Fsp3) is 0. The summed E-state index contributed by atoms with van der Waals surface area (Å²) in [4.78, 5) is 4.04. The molecule has 0 spiro atoms. The molecule has 0 N–H and O–H groups in total. The van der Waals surface area contributed by atoms with Crippen LogP contribution >= 0.6 is 0 Å². The lowest BCUT2D eigenvalue weighted by atomic mass is 10.5. The summed E-state index contributed by atoms with van der Waals surface area (Å²) in [6.45, 7) is 0.